The van der Waals surface area contributed by atoms with Gasteiger partial charge in [-0.3, -0.25) is 0 Å². The third-order valence-corrected chi connectivity index (χ3v) is 3.73. The standard InChI is InChI=1S/C15H20N2/c1-3-14-6-4-5-9-17(14)15-8-7-13(11-16)10-12(15)2/h7-8,10,14H,3-6,9H2,1-2H3. The highest BCUT2D eigenvalue weighted by molar-refractivity contribution is 5.57. The first kappa shape index (κ1) is 12.0. The third kappa shape index (κ3) is 2.44. The smallest absolute Gasteiger partial charge is 0.0991 e. The van der Waals surface area contributed by atoms with Gasteiger partial charge in [-0.25, -0.2) is 0 Å². The van der Waals surface area contributed by atoms with Gasteiger partial charge in [-0.2, -0.15) is 5.26 Å². The molecular formula is C15H20N2. The molecule has 1 unspecified atom stereocenters. The Morgan fingerprint density at radius 3 is 2.88 bits per heavy atom. The highest BCUT2D eigenvalue weighted by Gasteiger charge is 2.22. The predicted molar refractivity (Wildman–Crippen MR) is 71.2 cm³/mol. The Bertz CT molecular complexity index is 431. The topological polar surface area (TPSA) is 27.0 Å². The van der Waals surface area contributed by atoms with Crippen LogP contribution in [0.5, 0.6) is 0 Å². The van der Waals surface area contributed by atoms with Crippen LogP contribution in [-0.2, 0) is 0 Å². The summed E-state index contributed by atoms with van der Waals surface area (Å²) in [7, 11) is 0. The minimum absolute atomic E-state index is 0.676. The van der Waals surface area contributed by atoms with E-state index in [2.05, 4.69) is 30.9 Å². The summed E-state index contributed by atoms with van der Waals surface area (Å²) >= 11 is 0. The van der Waals surface area contributed by atoms with Crippen molar-refractivity contribution in [3.8, 4) is 6.07 Å². The molecule has 0 spiro atoms. The van der Waals surface area contributed by atoms with E-state index < -0.39 is 0 Å². The van der Waals surface area contributed by atoms with Gasteiger partial charge in [0.1, 0.15) is 0 Å². The van der Waals surface area contributed by atoms with Crippen molar-refractivity contribution in [2.24, 2.45) is 0 Å². The second-order valence-electron chi connectivity index (χ2n) is 4.86. The third-order valence-electron chi connectivity index (χ3n) is 3.73. The number of piperidine rings is 1. The summed E-state index contributed by atoms with van der Waals surface area (Å²) in [6.07, 6.45) is 5.15. The van der Waals surface area contributed by atoms with Gasteiger partial charge in [0.2, 0.25) is 0 Å². The number of hydrogen-bond donors (Lipinski definition) is 0. The van der Waals surface area contributed by atoms with Crippen LogP contribution in [-0.4, -0.2) is 12.6 Å². The fourth-order valence-electron chi connectivity index (χ4n) is 2.79. The van der Waals surface area contributed by atoms with Crippen molar-refractivity contribution in [1.82, 2.24) is 0 Å². The number of aryl methyl sites for hydroxylation is 1. The Hall–Kier alpha value is -1.49. The molecule has 0 saturated carbocycles. The number of nitriles is 1. The van der Waals surface area contributed by atoms with E-state index in [-0.39, 0.29) is 0 Å². The van der Waals surface area contributed by atoms with E-state index in [4.69, 9.17) is 5.26 Å². The molecule has 1 aliphatic heterocycles. The molecule has 0 aromatic heterocycles. The molecule has 1 saturated heterocycles. The van der Waals surface area contributed by atoms with E-state index in [1.54, 1.807) is 0 Å². The Morgan fingerprint density at radius 1 is 1.41 bits per heavy atom. The van der Waals surface area contributed by atoms with Crippen LogP contribution in [0.25, 0.3) is 0 Å². The summed E-state index contributed by atoms with van der Waals surface area (Å²) in [4.78, 5) is 2.53. The summed E-state index contributed by atoms with van der Waals surface area (Å²) in [6, 6.07) is 8.92. The average molecular weight is 228 g/mol. The second-order valence-corrected chi connectivity index (χ2v) is 4.86. The fourth-order valence-corrected chi connectivity index (χ4v) is 2.79. The number of rotatable bonds is 2. The number of benzene rings is 1. The highest BCUT2D eigenvalue weighted by atomic mass is 15.2. The second kappa shape index (κ2) is 5.23. The van der Waals surface area contributed by atoms with E-state index >= 15 is 0 Å². The van der Waals surface area contributed by atoms with Crippen molar-refractivity contribution in [3.05, 3.63) is 29.3 Å². The number of hydrogen-bond acceptors (Lipinski definition) is 2. The summed E-state index contributed by atoms with van der Waals surface area (Å²) in [6.45, 7) is 5.53. The van der Waals surface area contributed by atoms with Gasteiger partial charge in [0.25, 0.3) is 0 Å². The Labute approximate surface area is 104 Å². The van der Waals surface area contributed by atoms with Gasteiger partial charge < -0.3 is 4.90 Å². The first-order valence-electron chi connectivity index (χ1n) is 6.53. The monoisotopic (exact) mass is 228 g/mol. The van der Waals surface area contributed by atoms with Crippen LogP contribution in [0.2, 0.25) is 0 Å². The quantitative estimate of drug-likeness (QED) is 0.772. The average Bonchev–Trinajstić information content (AvgIpc) is 2.38. The maximum absolute atomic E-state index is 8.90. The molecule has 0 N–H and O–H groups in total. The Balaban J connectivity index is 2.29. The molecule has 1 fully saturated rings. The van der Waals surface area contributed by atoms with Gasteiger partial charge in [0.05, 0.1) is 11.6 Å². The van der Waals surface area contributed by atoms with Crippen LogP contribution in [0.15, 0.2) is 18.2 Å². The van der Waals surface area contributed by atoms with Crippen LogP contribution in [0, 0.1) is 18.3 Å². The maximum Gasteiger partial charge on any atom is 0.0991 e. The SMILES string of the molecule is CCC1CCCCN1c1ccc(C#N)cc1C. The van der Waals surface area contributed by atoms with Crippen molar-refractivity contribution in [3.63, 3.8) is 0 Å². The van der Waals surface area contributed by atoms with Crippen molar-refractivity contribution >= 4 is 5.69 Å². The van der Waals surface area contributed by atoms with Crippen molar-refractivity contribution in [2.75, 3.05) is 11.4 Å². The number of anilines is 1. The zero-order valence-corrected chi connectivity index (χ0v) is 10.7. The molecule has 0 radical (unpaired) electrons. The first-order chi connectivity index (χ1) is 8.26. The van der Waals surface area contributed by atoms with Crippen molar-refractivity contribution < 1.29 is 0 Å². The van der Waals surface area contributed by atoms with Crippen LogP contribution in [0.3, 0.4) is 0 Å². The van der Waals surface area contributed by atoms with Crippen LogP contribution < -0.4 is 4.90 Å². The van der Waals surface area contributed by atoms with Crippen LogP contribution in [0.4, 0.5) is 5.69 Å². The lowest BCUT2D eigenvalue weighted by molar-refractivity contribution is 0.449. The molecule has 0 bridgehead atoms. The van der Waals surface area contributed by atoms with E-state index in [9.17, 15) is 0 Å². The van der Waals surface area contributed by atoms with E-state index in [1.165, 1.54) is 36.9 Å². The fraction of sp³-hybridized carbons (Fsp3) is 0.533. The lowest BCUT2D eigenvalue weighted by Gasteiger charge is -2.38. The lowest BCUT2D eigenvalue weighted by Crippen LogP contribution is -2.39. The molecule has 2 rings (SSSR count). The molecule has 90 valence electrons. The Morgan fingerprint density at radius 2 is 2.24 bits per heavy atom. The van der Waals surface area contributed by atoms with Crippen LogP contribution in [0.1, 0.15) is 43.7 Å². The molecular weight excluding hydrogens is 208 g/mol. The largest absolute Gasteiger partial charge is 0.368 e. The van der Waals surface area contributed by atoms with E-state index in [1.807, 2.05) is 12.1 Å². The summed E-state index contributed by atoms with van der Waals surface area (Å²) < 4.78 is 0. The Kier molecular flexibility index (Phi) is 3.68. The van der Waals surface area contributed by atoms with Crippen molar-refractivity contribution in [2.45, 2.75) is 45.6 Å². The molecule has 17 heavy (non-hydrogen) atoms. The van der Waals surface area contributed by atoms with Crippen LogP contribution >= 0.6 is 0 Å². The van der Waals surface area contributed by atoms with Crippen molar-refractivity contribution in [1.29, 1.82) is 5.26 Å². The van der Waals surface area contributed by atoms with Gasteiger partial charge in [0.15, 0.2) is 0 Å². The molecule has 1 atom stereocenters. The van der Waals surface area contributed by atoms with Gasteiger partial charge in [0, 0.05) is 18.3 Å². The molecule has 1 aromatic rings. The van der Waals surface area contributed by atoms with E-state index in [0.29, 0.717) is 6.04 Å². The highest BCUT2D eigenvalue weighted by Crippen LogP contribution is 2.29. The molecule has 2 nitrogen and oxygen atoms in total. The van der Waals surface area contributed by atoms with E-state index in [0.717, 1.165) is 12.1 Å². The normalized spacial score (nSPS) is 20.1. The summed E-state index contributed by atoms with van der Waals surface area (Å²) in [5, 5.41) is 8.90. The molecule has 1 heterocycles. The zero-order valence-electron chi connectivity index (χ0n) is 10.7. The first-order valence-corrected chi connectivity index (χ1v) is 6.53. The summed E-state index contributed by atoms with van der Waals surface area (Å²) in [5.74, 6) is 0. The van der Waals surface area contributed by atoms with Gasteiger partial charge >= 0.3 is 0 Å². The lowest BCUT2D eigenvalue weighted by atomic mass is 9.97. The molecule has 0 aliphatic carbocycles. The molecule has 2 heteroatoms. The molecule has 1 aliphatic rings. The number of nitrogens with zero attached hydrogens (tertiary/aromatic N) is 2. The molecule has 0 amide bonds. The minimum Gasteiger partial charge on any atom is -0.368 e. The van der Waals surface area contributed by atoms with Gasteiger partial charge in [-0.15, -0.1) is 0 Å². The summed E-state index contributed by atoms with van der Waals surface area (Å²) in [5.41, 5.74) is 3.30. The molecule has 1 aromatic carbocycles. The van der Waals surface area contributed by atoms with Gasteiger partial charge in [-0.05, 0) is 56.4 Å². The van der Waals surface area contributed by atoms with Gasteiger partial charge in [-0.1, -0.05) is 6.92 Å². The zero-order chi connectivity index (χ0) is 12.3. The predicted octanol–water partition coefficient (Wildman–Crippen LogP) is 3.64. The maximum atomic E-state index is 8.90. The minimum atomic E-state index is 0.676.